The summed E-state index contributed by atoms with van der Waals surface area (Å²) in [6.07, 6.45) is 6.15. The zero-order valence-electron chi connectivity index (χ0n) is 32.7. The number of nitrogens with zero attached hydrogens (tertiary/aromatic N) is 6. The van der Waals surface area contributed by atoms with Gasteiger partial charge in [-0.2, -0.15) is 0 Å². The Kier molecular flexibility index (Phi) is 10.2. The van der Waals surface area contributed by atoms with Crippen LogP contribution in [0.4, 0.5) is 26.0 Å². The molecular weight excluding hydrogens is 699 g/mol. The van der Waals surface area contributed by atoms with E-state index < -0.39 is 11.8 Å². The fourth-order valence-electron chi connectivity index (χ4n) is 9.37. The van der Waals surface area contributed by atoms with Crippen LogP contribution in [0.5, 0.6) is 0 Å². The van der Waals surface area contributed by atoms with Gasteiger partial charge in [0.15, 0.2) is 5.82 Å². The zero-order chi connectivity index (χ0) is 38.6. The average molecular weight is 753 g/mol. The molecule has 55 heavy (non-hydrogen) atoms. The van der Waals surface area contributed by atoms with Crippen LogP contribution in [0.2, 0.25) is 0 Å². The monoisotopic (exact) mass is 752 g/mol. The number of carbonyl (C=O) groups is 2. The summed E-state index contributed by atoms with van der Waals surface area (Å²) >= 11 is 0. The molecule has 292 valence electrons. The molecule has 1 aliphatic carbocycles. The van der Waals surface area contributed by atoms with Crippen molar-refractivity contribution in [2.45, 2.75) is 116 Å². The van der Waals surface area contributed by atoms with E-state index in [-0.39, 0.29) is 36.5 Å². The van der Waals surface area contributed by atoms with Crippen molar-refractivity contribution in [2.75, 3.05) is 42.9 Å². The van der Waals surface area contributed by atoms with Crippen LogP contribution in [-0.4, -0.2) is 93.4 Å². The van der Waals surface area contributed by atoms with Gasteiger partial charge < -0.3 is 25.0 Å². The number of carbonyl (C=O) groups excluding carboxylic acids is 2. The maximum atomic E-state index is 14.8. The van der Waals surface area contributed by atoms with Crippen molar-refractivity contribution < 1.29 is 18.4 Å². The molecule has 1 spiro atoms. The van der Waals surface area contributed by atoms with Crippen molar-refractivity contribution >= 4 is 40.0 Å². The second-order valence-corrected chi connectivity index (χ2v) is 16.8. The number of fused-ring (bicyclic) bond motifs is 3. The highest BCUT2D eigenvalue weighted by Gasteiger charge is 2.55. The lowest BCUT2D eigenvalue weighted by atomic mass is 9.73. The Hall–Kier alpha value is -4.42. The molecule has 2 aromatic carbocycles. The van der Waals surface area contributed by atoms with Crippen LogP contribution in [0.15, 0.2) is 48.8 Å². The Morgan fingerprint density at radius 3 is 2.38 bits per heavy atom. The van der Waals surface area contributed by atoms with Crippen molar-refractivity contribution in [2.24, 2.45) is 0 Å². The Morgan fingerprint density at radius 1 is 0.945 bits per heavy atom. The highest BCUT2D eigenvalue weighted by molar-refractivity contribution is 6.09. The largest absolute Gasteiger partial charge is 0.350 e. The summed E-state index contributed by atoms with van der Waals surface area (Å²) in [5, 5.41) is 6.54. The normalized spacial score (nSPS) is 21.6. The van der Waals surface area contributed by atoms with Crippen molar-refractivity contribution in [3.8, 4) is 11.3 Å². The summed E-state index contributed by atoms with van der Waals surface area (Å²) in [7, 11) is 0. The van der Waals surface area contributed by atoms with E-state index in [1.54, 1.807) is 4.90 Å². The number of alkyl halides is 2. The van der Waals surface area contributed by atoms with Gasteiger partial charge in [0.2, 0.25) is 5.91 Å². The lowest BCUT2D eigenvalue weighted by Gasteiger charge is -2.48. The van der Waals surface area contributed by atoms with Crippen LogP contribution in [0, 0.1) is 6.92 Å². The minimum Gasteiger partial charge on any atom is -0.350 e. The second-order valence-electron chi connectivity index (χ2n) is 16.8. The number of hydrogen-bond acceptors (Lipinski definition) is 7. The third-order valence-corrected chi connectivity index (χ3v) is 12.4. The summed E-state index contributed by atoms with van der Waals surface area (Å²) in [5.74, 6) is 0.618. The van der Waals surface area contributed by atoms with Gasteiger partial charge in [-0.3, -0.25) is 14.5 Å². The first-order valence-corrected chi connectivity index (χ1v) is 20.2. The van der Waals surface area contributed by atoms with Gasteiger partial charge in [0, 0.05) is 46.7 Å². The number of nitrogens with one attached hydrogen (secondary N) is 2. The topological polar surface area (TPSA) is 98.6 Å². The maximum Gasteiger partial charge on any atom is 0.251 e. The van der Waals surface area contributed by atoms with E-state index in [9.17, 15) is 18.4 Å². The van der Waals surface area contributed by atoms with Crippen molar-refractivity contribution in [3.63, 3.8) is 0 Å². The van der Waals surface area contributed by atoms with E-state index in [1.165, 1.54) is 19.3 Å². The van der Waals surface area contributed by atoms with Crippen LogP contribution in [0.1, 0.15) is 100 Å². The van der Waals surface area contributed by atoms with Gasteiger partial charge >= 0.3 is 0 Å². The predicted octanol–water partition coefficient (Wildman–Crippen LogP) is 7.83. The Bertz CT molecular complexity index is 2080. The number of piperidine rings is 2. The van der Waals surface area contributed by atoms with E-state index in [4.69, 9.17) is 9.97 Å². The number of likely N-dealkylation sites (tertiary alicyclic amines) is 2. The van der Waals surface area contributed by atoms with E-state index in [0.717, 1.165) is 70.7 Å². The molecule has 2 amide bonds. The zero-order valence-corrected chi connectivity index (χ0v) is 32.7. The SMILES string of the molecule is Cc1ccc(Nc2nc(-c3ccc4c(c3)N(C3CC(N5CCCCC5)C3)C(=O)C43CCN(CC(F)F)CC3)cc3ncn(C(C)C)c23)cc1C(=O)NC(C)C. The molecule has 0 radical (unpaired) electrons. The van der Waals surface area contributed by atoms with Crippen LogP contribution in [0.25, 0.3) is 22.3 Å². The number of hydrogen-bond donors (Lipinski definition) is 2. The molecule has 5 heterocycles. The van der Waals surface area contributed by atoms with Crippen molar-refractivity contribution in [3.05, 3.63) is 65.5 Å². The number of amides is 2. The Balaban J connectivity index is 1.17. The van der Waals surface area contributed by atoms with Gasteiger partial charge in [0.25, 0.3) is 12.3 Å². The van der Waals surface area contributed by atoms with Gasteiger partial charge in [0.05, 0.1) is 29.5 Å². The molecule has 0 unspecified atom stereocenters. The first-order valence-electron chi connectivity index (χ1n) is 20.2. The van der Waals surface area contributed by atoms with Crippen molar-refractivity contribution in [1.29, 1.82) is 0 Å². The van der Waals surface area contributed by atoms with Gasteiger partial charge in [-0.1, -0.05) is 24.6 Å². The lowest BCUT2D eigenvalue weighted by molar-refractivity contribution is -0.126. The number of anilines is 3. The molecule has 2 aromatic heterocycles. The molecule has 8 rings (SSSR count). The van der Waals surface area contributed by atoms with E-state index in [0.29, 0.717) is 43.4 Å². The van der Waals surface area contributed by atoms with E-state index >= 15 is 0 Å². The standard InChI is InChI=1S/C43H54F2N8O2/c1-26(2)47-41(54)33-20-30(11-9-28(33)5)48-40-39-36(46-25-52(39)27(3)4)23-35(49-40)29-10-12-34-37(19-29)53(32-21-31(22-32)51-15-7-6-8-16-51)42(55)43(34)13-17-50(18-14-43)24-38(44)45/h9-12,19-20,23,25-27,31-32,38H,6-8,13-18,21-22,24H2,1-5H3,(H,47,54)(H,48,49). The molecular formula is C43H54F2N8O2. The number of halogens is 2. The Morgan fingerprint density at radius 2 is 1.69 bits per heavy atom. The van der Waals surface area contributed by atoms with Crippen molar-refractivity contribution in [1.82, 2.24) is 29.7 Å². The van der Waals surface area contributed by atoms with Gasteiger partial charge in [-0.15, -0.1) is 0 Å². The molecule has 2 saturated heterocycles. The minimum atomic E-state index is -2.39. The second kappa shape index (κ2) is 14.9. The lowest BCUT2D eigenvalue weighted by Crippen LogP contribution is -2.58. The van der Waals surface area contributed by atoms with Gasteiger partial charge in [0.1, 0.15) is 5.52 Å². The third kappa shape index (κ3) is 7.01. The Labute approximate surface area is 322 Å². The summed E-state index contributed by atoms with van der Waals surface area (Å²) in [6.45, 7) is 13.0. The van der Waals surface area contributed by atoms with E-state index in [1.807, 2.05) is 51.4 Å². The number of imidazole rings is 1. The molecule has 0 bridgehead atoms. The molecule has 10 nitrogen and oxygen atoms in total. The first kappa shape index (κ1) is 37.5. The maximum absolute atomic E-state index is 14.8. The highest BCUT2D eigenvalue weighted by atomic mass is 19.3. The molecule has 4 aromatic rings. The quantitative estimate of drug-likeness (QED) is 0.171. The highest BCUT2D eigenvalue weighted by Crippen LogP contribution is 2.52. The third-order valence-electron chi connectivity index (χ3n) is 12.4. The van der Waals surface area contributed by atoms with Crippen LogP contribution in [-0.2, 0) is 10.2 Å². The fourth-order valence-corrected chi connectivity index (χ4v) is 9.37. The molecule has 3 aliphatic heterocycles. The summed E-state index contributed by atoms with van der Waals surface area (Å²) in [6, 6.07) is 14.8. The molecule has 4 aliphatic rings. The van der Waals surface area contributed by atoms with Gasteiger partial charge in [-0.05, 0) is 135 Å². The smallest absolute Gasteiger partial charge is 0.251 e. The summed E-state index contributed by atoms with van der Waals surface area (Å²) < 4.78 is 28.8. The van der Waals surface area contributed by atoms with Gasteiger partial charge in [-0.25, -0.2) is 18.7 Å². The first-order chi connectivity index (χ1) is 26.4. The number of benzene rings is 2. The van der Waals surface area contributed by atoms with Crippen LogP contribution in [0.3, 0.4) is 0 Å². The molecule has 0 atom stereocenters. The molecule has 2 N–H and O–H groups in total. The van der Waals surface area contributed by atoms with Crippen LogP contribution < -0.4 is 15.5 Å². The number of pyridine rings is 1. The molecule has 12 heteroatoms. The van der Waals surface area contributed by atoms with Crippen LogP contribution >= 0.6 is 0 Å². The molecule has 1 saturated carbocycles. The predicted molar refractivity (Wildman–Crippen MR) is 213 cm³/mol. The summed E-state index contributed by atoms with van der Waals surface area (Å²) in [4.78, 5) is 44.4. The number of aryl methyl sites for hydroxylation is 1. The summed E-state index contributed by atoms with van der Waals surface area (Å²) in [5.41, 5.74) is 6.67. The fraction of sp³-hybridized carbons (Fsp3) is 0.535. The number of aromatic nitrogens is 3. The minimum absolute atomic E-state index is 0.00832. The van der Waals surface area contributed by atoms with E-state index in [2.05, 4.69) is 57.0 Å². The number of rotatable bonds is 10. The molecule has 3 fully saturated rings. The average Bonchev–Trinajstić information content (AvgIpc) is 3.67.